The lowest BCUT2D eigenvalue weighted by molar-refractivity contribution is 0.296. The second kappa shape index (κ2) is 12.3. The molecule has 34 heavy (non-hydrogen) atoms. The Morgan fingerprint density at radius 1 is 0.794 bits per heavy atom. The van der Waals surface area contributed by atoms with Crippen LogP contribution in [0.15, 0.2) is 78.9 Å². The van der Waals surface area contributed by atoms with Crippen molar-refractivity contribution in [2.45, 2.75) is 19.6 Å². The van der Waals surface area contributed by atoms with Crippen LogP contribution in [0.3, 0.4) is 0 Å². The van der Waals surface area contributed by atoms with E-state index in [0.29, 0.717) is 12.1 Å². The maximum absolute atomic E-state index is 14.0. The Bertz CT molecular complexity index is 1230. The maximum Gasteiger partial charge on any atom is 0.160 e. The molecule has 4 aromatic carbocycles. The highest BCUT2D eigenvalue weighted by Crippen LogP contribution is 2.30. The molecule has 0 fully saturated rings. The fourth-order valence-corrected chi connectivity index (χ4v) is 3.89. The van der Waals surface area contributed by atoms with Gasteiger partial charge < -0.3 is 19.5 Å². The lowest BCUT2D eigenvalue weighted by Gasteiger charge is -2.16. The van der Waals surface area contributed by atoms with Gasteiger partial charge in [0, 0.05) is 17.7 Å². The quantitative estimate of drug-likeness (QED) is 0.269. The van der Waals surface area contributed by atoms with Crippen molar-refractivity contribution in [3.63, 3.8) is 0 Å². The van der Waals surface area contributed by atoms with E-state index in [4.69, 9.17) is 14.2 Å². The van der Waals surface area contributed by atoms with E-state index in [1.807, 2.05) is 48.5 Å². The van der Waals surface area contributed by atoms with Gasteiger partial charge in [-0.25, -0.2) is 4.39 Å². The first-order valence-electron chi connectivity index (χ1n) is 11.0. The molecule has 178 valence electrons. The molecule has 6 heteroatoms. The first-order valence-corrected chi connectivity index (χ1v) is 11.0. The van der Waals surface area contributed by atoms with E-state index in [2.05, 4.69) is 17.4 Å². The summed E-state index contributed by atoms with van der Waals surface area (Å²) in [5, 5.41) is 5.80. The van der Waals surface area contributed by atoms with Crippen molar-refractivity contribution < 1.29 is 18.6 Å². The van der Waals surface area contributed by atoms with Gasteiger partial charge in [-0.3, -0.25) is 0 Å². The Morgan fingerprint density at radius 2 is 1.53 bits per heavy atom. The molecular formula is C28H29ClFNO3. The lowest BCUT2D eigenvalue weighted by atomic mass is 10.0. The number of methoxy groups -OCH3 is 2. The molecule has 0 bridgehead atoms. The van der Waals surface area contributed by atoms with Gasteiger partial charge in [-0.05, 0) is 53.6 Å². The average molecular weight is 482 g/mol. The number of hydrogen-bond acceptors (Lipinski definition) is 4. The van der Waals surface area contributed by atoms with Gasteiger partial charge in [0.05, 0.1) is 14.2 Å². The molecule has 0 aromatic heterocycles. The number of ether oxygens (including phenoxy) is 3. The molecule has 0 saturated heterocycles. The van der Waals surface area contributed by atoms with Gasteiger partial charge in [-0.2, -0.15) is 0 Å². The molecule has 0 amide bonds. The number of benzene rings is 4. The van der Waals surface area contributed by atoms with E-state index in [9.17, 15) is 4.39 Å². The number of nitrogens with one attached hydrogen (secondary N) is 1. The third-order valence-corrected chi connectivity index (χ3v) is 5.68. The molecule has 0 saturated carbocycles. The summed E-state index contributed by atoms with van der Waals surface area (Å²) >= 11 is 0. The van der Waals surface area contributed by atoms with E-state index in [1.54, 1.807) is 26.4 Å². The minimum Gasteiger partial charge on any atom is -0.493 e. The third-order valence-electron chi connectivity index (χ3n) is 5.68. The predicted molar refractivity (Wildman–Crippen MR) is 137 cm³/mol. The van der Waals surface area contributed by atoms with E-state index in [-0.39, 0.29) is 24.8 Å². The van der Waals surface area contributed by atoms with Gasteiger partial charge in [0.2, 0.25) is 0 Å². The zero-order valence-corrected chi connectivity index (χ0v) is 20.2. The zero-order valence-electron chi connectivity index (χ0n) is 19.3. The summed E-state index contributed by atoms with van der Waals surface area (Å²) in [6, 6.07) is 24.9. The monoisotopic (exact) mass is 481 g/mol. The summed E-state index contributed by atoms with van der Waals surface area (Å²) in [7, 11) is 3.28. The Morgan fingerprint density at radius 3 is 2.32 bits per heavy atom. The van der Waals surface area contributed by atoms with Gasteiger partial charge in [-0.1, -0.05) is 54.6 Å². The van der Waals surface area contributed by atoms with Gasteiger partial charge in [0.25, 0.3) is 0 Å². The van der Waals surface area contributed by atoms with E-state index in [0.717, 1.165) is 52.1 Å². The standard InChI is InChI=1S/C28H28FNO3.ClH/c1-31-27-13-11-20(17-28(27)32-2)15-16-30-18-24-23-9-5-3-7-21(23)12-14-26(24)33-19-22-8-4-6-10-25(22)29;/h3-14,17,30H,15-16,18-19H2,1-2H3;1H. The summed E-state index contributed by atoms with van der Waals surface area (Å²) < 4.78 is 30.8. The van der Waals surface area contributed by atoms with Crippen LogP contribution in [0.4, 0.5) is 4.39 Å². The molecule has 1 N–H and O–H groups in total. The van der Waals surface area contributed by atoms with Crippen molar-refractivity contribution in [1.29, 1.82) is 0 Å². The molecule has 0 radical (unpaired) electrons. The molecule has 0 aliphatic rings. The minimum absolute atomic E-state index is 0. The fourth-order valence-electron chi connectivity index (χ4n) is 3.89. The summed E-state index contributed by atoms with van der Waals surface area (Å²) in [5.41, 5.74) is 2.77. The van der Waals surface area contributed by atoms with Crippen LogP contribution >= 0.6 is 12.4 Å². The van der Waals surface area contributed by atoms with Crippen molar-refractivity contribution in [3.05, 3.63) is 101 Å². The van der Waals surface area contributed by atoms with E-state index in [1.165, 1.54) is 6.07 Å². The van der Waals surface area contributed by atoms with Crippen molar-refractivity contribution in [2.24, 2.45) is 0 Å². The number of fused-ring (bicyclic) bond motifs is 1. The van der Waals surface area contributed by atoms with Crippen LogP contribution in [-0.2, 0) is 19.6 Å². The fraction of sp³-hybridized carbons (Fsp3) is 0.214. The summed E-state index contributed by atoms with van der Waals surface area (Å²) in [4.78, 5) is 0. The van der Waals surface area contributed by atoms with E-state index >= 15 is 0 Å². The minimum atomic E-state index is -0.257. The van der Waals surface area contributed by atoms with Crippen molar-refractivity contribution in [1.82, 2.24) is 5.32 Å². The highest BCUT2D eigenvalue weighted by Gasteiger charge is 2.11. The Kier molecular flexibility index (Phi) is 9.14. The first-order chi connectivity index (χ1) is 16.2. The molecule has 0 aliphatic carbocycles. The maximum atomic E-state index is 14.0. The van der Waals surface area contributed by atoms with Crippen LogP contribution in [0, 0.1) is 5.82 Å². The molecular weight excluding hydrogens is 453 g/mol. The van der Waals surface area contributed by atoms with Gasteiger partial charge in [0.1, 0.15) is 18.2 Å². The molecule has 4 aromatic rings. The molecule has 0 unspecified atom stereocenters. The lowest BCUT2D eigenvalue weighted by Crippen LogP contribution is -2.17. The summed E-state index contributed by atoms with van der Waals surface area (Å²) in [5.74, 6) is 1.96. The van der Waals surface area contributed by atoms with Gasteiger partial charge in [-0.15, -0.1) is 12.4 Å². The second-order valence-corrected chi connectivity index (χ2v) is 7.76. The van der Waals surface area contributed by atoms with Crippen LogP contribution in [0.25, 0.3) is 10.8 Å². The normalized spacial score (nSPS) is 10.6. The average Bonchev–Trinajstić information content (AvgIpc) is 2.86. The number of hydrogen-bond donors (Lipinski definition) is 1. The molecule has 4 rings (SSSR count). The highest BCUT2D eigenvalue weighted by molar-refractivity contribution is 5.87. The van der Waals surface area contributed by atoms with Crippen molar-refractivity contribution in [2.75, 3.05) is 20.8 Å². The molecule has 0 atom stereocenters. The Hall–Kier alpha value is -3.28. The Labute approximate surface area is 206 Å². The Balaban J connectivity index is 0.00000324. The van der Waals surface area contributed by atoms with Gasteiger partial charge >= 0.3 is 0 Å². The summed E-state index contributed by atoms with van der Waals surface area (Å²) in [6.45, 7) is 1.61. The number of rotatable bonds is 10. The van der Waals surface area contributed by atoms with Crippen LogP contribution in [0.5, 0.6) is 17.2 Å². The highest BCUT2D eigenvalue weighted by atomic mass is 35.5. The molecule has 4 nitrogen and oxygen atoms in total. The zero-order chi connectivity index (χ0) is 23.0. The largest absolute Gasteiger partial charge is 0.493 e. The van der Waals surface area contributed by atoms with E-state index < -0.39 is 0 Å². The van der Waals surface area contributed by atoms with Crippen LogP contribution < -0.4 is 19.5 Å². The van der Waals surface area contributed by atoms with Crippen LogP contribution in [0.1, 0.15) is 16.7 Å². The van der Waals surface area contributed by atoms with Crippen LogP contribution in [0.2, 0.25) is 0 Å². The second-order valence-electron chi connectivity index (χ2n) is 7.76. The third kappa shape index (κ3) is 5.99. The smallest absolute Gasteiger partial charge is 0.160 e. The van der Waals surface area contributed by atoms with Crippen LogP contribution in [-0.4, -0.2) is 20.8 Å². The molecule has 0 spiro atoms. The summed E-state index contributed by atoms with van der Waals surface area (Å²) in [6.07, 6.45) is 0.844. The predicted octanol–water partition coefficient (Wildman–Crippen LogP) is 6.33. The van der Waals surface area contributed by atoms with Crippen molar-refractivity contribution in [3.8, 4) is 17.2 Å². The molecule has 0 heterocycles. The van der Waals surface area contributed by atoms with Crippen molar-refractivity contribution >= 4 is 23.2 Å². The SMILES string of the molecule is COc1ccc(CCNCc2c(OCc3ccccc3F)ccc3ccccc23)cc1OC.Cl. The van der Waals surface area contributed by atoms with Gasteiger partial charge in [0.15, 0.2) is 11.5 Å². The molecule has 0 aliphatic heterocycles. The number of halogens is 2. The topological polar surface area (TPSA) is 39.7 Å². The first kappa shape index (κ1) is 25.3.